The Kier molecular flexibility index (Phi) is 3.38. The molecule has 1 atom stereocenters. The van der Waals surface area contributed by atoms with Gasteiger partial charge in [0.1, 0.15) is 0 Å². The van der Waals surface area contributed by atoms with E-state index in [1.54, 1.807) is 6.07 Å². The van der Waals surface area contributed by atoms with Gasteiger partial charge in [-0.2, -0.15) is 0 Å². The molecule has 1 saturated heterocycles. The molecule has 19 heavy (non-hydrogen) atoms. The van der Waals surface area contributed by atoms with Crippen molar-refractivity contribution >= 4 is 10.9 Å². The molecule has 0 saturated carbocycles. The number of hydrogen-bond donors (Lipinski definition) is 0. The minimum Gasteiger partial charge on any atom is -0.381 e. The Morgan fingerprint density at radius 1 is 1.37 bits per heavy atom. The fourth-order valence-electron chi connectivity index (χ4n) is 2.87. The molecule has 0 spiro atoms. The number of fused-ring (bicyclic) bond motifs is 1. The van der Waals surface area contributed by atoms with Crippen molar-refractivity contribution < 1.29 is 4.74 Å². The number of rotatable bonds is 3. The van der Waals surface area contributed by atoms with E-state index in [2.05, 4.69) is 4.57 Å². The number of benzene rings is 1. The molecule has 2 aromatic rings. The van der Waals surface area contributed by atoms with Crippen LogP contribution in [0.3, 0.4) is 0 Å². The lowest BCUT2D eigenvalue weighted by atomic mass is 10.0. The predicted octanol–water partition coefficient (Wildman–Crippen LogP) is 2.74. The monoisotopic (exact) mass is 257 g/mol. The molecule has 3 heteroatoms. The number of nitrogens with zero attached hydrogens (tertiary/aromatic N) is 1. The fraction of sp³-hybridized carbons (Fsp3) is 0.438. The van der Waals surface area contributed by atoms with E-state index in [1.807, 2.05) is 31.2 Å². The summed E-state index contributed by atoms with van der Waals surface area (Å²) in [6.07, 6.45) is 2.28. The zero-order valence-corrected chi connectivity index (χ0v) is 11.3. The second-order valence-corrected chi connectivity index (χ2v) is 5.34. The zero-order valence-electron chi connectivity index (χ0n) is 11.3. The lowest BCUT2D eigenvalue weighted by molar-refractivity contribution is 0.183. The van der Waals surface area contributed by atoms with Gasteiger partial charge in [-0.05, 0) is 37.8 Å². The highest BCUT2D eigenvalue weighted by Gasteiger charge is 2.16. The molecule has 1 unspecified atom stereocenters. The van der Waals surface area contributed by atoms with Gasteiger partial charge in [-0.15, -0.1) is 0 Å². The Morgan fingerprint density at radius 2 is 2.21 bits per heavy atom. The molecule has 3 nitrogen and oxygen atoms in total. The summed E-state index contributed by atoms with van der Waals surface area (Å²) in [4.78, 5) is 12.0. The number of ether oxygens (including phenoxy) is 1. The molecule has 0 aliphatic carbocycles. The van der Waals surface area contributed by atoms with Crippen molar-refractivity contribution in [1.29, 1.82) is 0 Å². The van der Waals surface area contributed by atoms with Gasteiger partial charge in [0.2, 0.25) is 0 Å². The van der Waals surface area contributed by atoms with Gasteiger partial charge in [-0.3, -0.25) is 4.79 Å². The van der Waals surface area contributed by atoms with Crippen molar-refractivity contribution in [3.63, 3.8) is 0 Å². The maximum absolute atomic E-state index is 12.0. The summed E-state index contributed by atoms with van der Waals surface area (Å²) in [6, 6.07) is 9.61. The number of pyridine rings is 1. The van der Waals surface area contributed by atoms with Gasteiger partial charge >= 0.3 is 0 Å². The van der Waals surface area contributed by atoms with E-state index in [0.717, 1.165) is 49.2 Å². The Balaban J connectivity index is 1.95. The van der Waals surface area contributed by atoms with Crippen molar-refractivity contribution in [2.45, 2.75) is 26.3 Å². The summed E-state index contributed by atoms with van der Waals surface area (Å²) in [7, 11) is 0. The maximum Gasteiger partial charge on any atom is 0.189 e. The van der Waals surface area contributed by atoms with Crippen LogP contribution in [0, 0.1) is 12.8 Å². The van der Waals surface area contributed by atoms with Crippen LogP contribution in [0.2, 0.25) is 0 Å². The smallest absolute Gasteiger partial charge is 0.189 e. The van der Waals surface area contributed by atoms with E-state index in [-0.39, 0.29) is 5.43 Å². The molecule has 100 valence electrons. The third kappa shape index (κ3) is 2.43. The van der Waals surface area contributed by atoms with E-state index in [0.29, 0.717) is 5.92 Å². The molecule has 0 radical (unpaired) electrons. The average Bonchev–Trinajstić information content (AvgIpc) is 2.92. The van der Waals surface area contributed by atoms with Crippen molar-refractivity contribution in [1.82, 2.24) is 4.57 Å². The number of hydrogen-bond acceptors (Lipinski definition) is 2. The van der Waals surface area contributed by atoms with Gasteiger partial charge in [0.25, 0.3) is 0 Å². The van der Waals surface area contributed by atoms with Crippen LogP contribution in [0.5, 0.6) is 0 Å². The van der Waals surface area contributed by atoms with E-state index in [4.69, 9.17) is 4.74 Å². The molecule has 1 aliphatic heterocycles. The van der Waals surface area contributed by atoms with E-state index < -0.39 is 0 Å². The lowest BCUT2D eigenvalue weighted by Gasteiger charge is -2.16. The summed E-state index contributed by atoms with van der Waals surface area (Å²) in [5.74, 6) is 0.664. The third-order valence-electron chi connectivity index (χ3n) is 4.01. The van der Waals surface area contributed by atoms with Gasteiger partial charge in [-0.25, -0.2) is 0 Å². The van der Waals surface area contributed by atoms with Gasteiger partial charge < -0.3 is 9.30 Å². The summed E-state index contributed by atoms with van der Waals surface area (Å²) in [5, 5.41) is 0.816. The Bertz CT molecular complexity index is 639. The molecule has 0 N–H and O–H groups in total. The molecule has 1 aromatic carbocycles. The second-order valence-electron chi connectivity index (χ2n) is 5.34. The fourth-order valence-corrected chi connectivity index (χ4v) is 2.87. The number of aryl methyl sites for hydroxylation is 2. The zero-order chi connectivity index (χ0) is 13.2. The maximum atomic E-state index is 12.0. The van der Waals surface area contributed by atoms with Crippen LogP contribution in [-0.2, 0) is 11.3 Å². The van der Waals surface area contributed by atoms with Crippen LogP contribution in [0.25, 0.3) is 10.9 Å². The standard InChI is InChI=1S/C16H19NO2/c1-12-10-16(18)14-4-2-3-5-15(14)17(12)8-6-13-7-9-19-11-13/h2-5,10,13H,6-9,11H2,1H3. The molecule has 1 aliphatic rings. The Morgan fingerprint density at radius 3 is 3.00 bits per heavy atom. The molecular formula is C16H19NO2. The summed E-state index contributed by atoms with van der Waals surface area (Å²) >= 11 is 0. The highest BCUT2D eigenvalue weighted by atomic mass is 16.5. The minimum atomic E-state index is 0.119. The van der Waals surface area contributed by atoms with Gasteiger partial charge in [0, 0.05) is 36.9 Å². The largest absolute Gasteiger partial charge is 0.381 e. The number of para-hydroxylation sites is 1. The lowest BCUT2D eigenvalue weighted by Crippen LogP contribution is -2.14. The van der Waals surface area contributed by atoms with Crippen LogP contribution in [0.15, 0.2) is 35.1 Å². The predicted molar refractivity (Wildman–Crippen MR) is 76.5 cm³/mol. The van der Waals surface area contributed by atoms with Crippen LogP contribution < -0.4 is 5.43 Å². The van der Waals surface area contributed by atoms with Crippen LogP contribution in [0.1, 0.15) is 18.5 Å². The first kappa shape index (κ1) is 12.4. The van der Waals surface area contributed by atoms with E-state index in [1.165, 1.54) is 0 Å². The minimum absolute atomic E-state index is 0.119. The van der Waals surface area contributed by atoms with Gasteiger partial charge in [0.15, 0.2) is 5.43 Å². The van der Waals surface area contributed by atoms with Crippen molar-refractivity contribution in [3.8, 4) is 0 Å². The van der Waals surface area contributed by atoms with Crippen molar-refractivity contribution in [2.24, 2.45) is 5.92 Å². The average molecular weight is 257 g/mol. The molecule has 1 fully saturated rings. The van der Waals surface area contributed by atoms with E-state index in [9.17, 15) is 4.79 Å². The SMILES string of the molecule is Cc1cc(=O)c2ccccc2n1CCC1CCOC1. The molecule has 3 rings (SSSR count). The second kappa shape index (κ2) is 5.17. The van der Waals surface area contributed by atoms with Crippen LogP contribution in [-0.4, -0.2) is 17.8 Å². The molecule has 0 amide bonds. The van der Waals surface area contributed by atoms with Gasteiger partial charge in [0.05, 0.1) is 5.52 Å². The van der Waals surface area contributed by atoms with Crippen molar-refractivity contribution in [2.75, 3.05) is 13.2 Å². The third-order valence-corrected chi connectivity index (χ3v) is 4.01. The first-order valence-electron chi connectivity index (χ1n) is 6.92. The topological polar surface area (TPSA) is 31.2 Å². The van der Waals surface area contributed by atoms with Crippen LogP contribution >= 0.6 is 0 Å². The first-order valence-corrected chi connectivity index (χ1v) is 6.92. The normalized spacial score (nSPS) is 19.1. The molecule has 1 aromatic heterocycles. The summed E-state index contributed by atoms with van der Waals surface area (Å²) in [6.45, 7) is 4.76. The van der Waals surface area contributed by atoms with E-state index >= 15 is 0 Å². The summed E-state index contributed by atoms with van der Waals surface area (Å²) < 4.78 is 7.68. The molecule has 0 bridgehead atoms. The first-order chi connectivity index (χ1) is 9.25. The molecular weight excluding hydrogens is 238 g/mol. The quantitative estimate of drug-likeness (QED) is 0.846. The van der Waals surface area contributed by atoms with Crippen molar-refractivity contribution in [3.05, 3.63) is 46.2 Å². The highest BCUT2D eigenvalue weighted by molar-refractivity contribution is 5.79. The van der Waals surface area contributed by atoms with Gasteiger partial charge in [-0.1, -0.05) is 12.1 Å². The van der Waals surface area contributed by atoms with Crippen LogP contribution in [0.4, 0.5) is 0 Å². The Hall–Kier alpha value is -1.61. The summed E-state index contributed by atoms with van der Waals surface area (Å²) in [5.41, 5.74) is 2.21. The highest BCUT2D eigenvalue weighted by Crippen LogP contribution is 2.19. The Labute approximate surface area is 112 Å². The molecule has 2 heterocycles. The number of aromatic nitrogens is 1.